The average Bonchev–Trinajstić information content (AvgIpc) is 2.77. The molecule has 0 radical (unpaired) electrons. The van der Waals surface area contributed by atoms with Gasteiger partial charge in [0.1, 0.15) is 17.5 Å². The summed E-state index contributed by atoms with van der Waals surface area (Å²) in [5.41, 5.74) is 1.07. The first-order valence-electron chi connectivity index (χ1n) is 5.90. The molecule has 0 spiro atoms. The fourth-order valence-electron chi connectivity index (χ4n) is 1.69. The summed E-state index contributed by atoms with van der Waals surface area (Å²) in [6, 6.07) is 3.41. The molecule has 0 amide bonds. The highest BCUT2D eigenvalue weighted by molar-refractivity contribution is 5.58. The second kappa shape index (κ2) is 5.73. The van der Waals surface area contributed by atoms with E-state index in [1.165, 1.54) is 12.1 Å². The zero-order valence-electron chi connectivity index (χ0n) is 10.1. The van der Waals surface area contributed by atoms with E-state index in [1.54, 1.807) is 6.20 Å². The molecule has 0 unspecified atom stereocenters. The molecule has 5 heteroatoms. The highest BCUT2D eigenvalue weighted by Crippen LogP contribution is 2.19. The van der Waals surface area contributed by atoms with E-state index in [9.17, 15) is 8.78 Å². The van der Waals surface area contributed by atoms with Crippen LogP contribution in [0.5, 0.6) is 0 Å². The van der Waals surface area contributed by atoms with Gasteiger partial charge in [0.25, 0.3) is 0 Å². The van der Waals surface area contributed by atoms with E-state index in [0.717, 1.165) is 24.9 Å². The maximum absolute atomic E-state index is 13.1. The van der Waals surface area contributed by atoms with Crippen molar-refractivity contribution in [3.05, 3.63) is 41.9 Å². The minimum atomic E-state index is -0.592. The third-order valence-electron chi connectivity index (χ3n) is 2.52. The number of nitrogens with one attached hydrogen (secondary N) is 2. The van der Waals surface area contributed by atoms with Gasteiger partial charge in [0.05, 0.1) is 18.4 Å². The first-order chi connectivity index (χ1) is 8.69. The van der Waals surface area contributed by atoms with Crippen LogP contribution in [0.25, 0.3) is 11.3 Å². The van der Waals surface area contributed by atoms with Crippen molar-refractivity contribution in [3.63, 3.8) is 0 Å². The summed E-state index contributed by atoms with van der Waals surface area (Å²) in [5, 5.41) is 3.20. The molecule has 0 aliphatic carbocycles. The molecule has 0 saturated heterocycles. The molecule has 3 nitrogen and oxygen atoms in total. The SMILES string of the molecule is CCCNCc1ncc(-c2cc(F)cc(F)c2)[nH]1. The largest absolute Gasteiger partial charge is 0.341 e. The van der Waals surface area contributed by atoms with Gasteiger partial charge in [-0.15, -0.1) is 0 Å². The van der Waals surface area contributed by atoms with Crippen LogP contribution in [0.1, 0.15) is 19.2 Å². The van der Waals surface area contributed by atoms with Crippen LogP contribution in [0, 0.1) is 11.6 Å². The smallest absolute Gasteiger partial charge is 0.126 e. The predicted molar refractivity (Wildman–Crippen MR) is 65.9 cm³/mol. The quantitative estimate of drug-likeness (QED) is 0.802. The minimum absolute atomic E-state index is 0.460. The summed E-state index contributed by atoms with van der Waals surface area (Å²) in [6.07, 6.45) is 2.62. The molecular weight excluding hydrogens is 236 g/mol. The summed E-state index contributed by atoms with van der Waals surface area (Å²) in [7, 11) is 0. The lowest BCUT2D eigenvalue weighted by Crippen LogP contribution is -2.14. The van der Waals surface area contributed by atoms with Gasteiger partial charge >= 0.3 is 0 Å². The number of nitrogens with zero attached hydrogens (tertiary/aromatic N) is 1. The van der Waals surface area contributed by atoms with Crippen LogP contribution in [0.15, 0.2) is 24.4 Å². The molecule has 0 saturated carbocycles. The molecule has 96 valence electrons. The van der Waals surface area contributed by atoms with Crippen LogP contribution in [0.3, 0.4) is 0 Å². The molecule has 2 aromatic rings. The highest BCUT2D eigenvalue weighted by atomic mass is 19.1. The van der Waals surface area contributed by atoms with Gasteiger partial charge in [0.2, 0.25) is 0 Å². The van der Waals surface area contributed by atoms with Crippen molar-refractivity contribution < 1.29 is 8.78 Å². The summed E-state index contributed by atoms with van der Waals surface area (Å²) < 4.78 is 26.2. The molecule has 0 atom stereocenters. The Hall–Kier alpha value is -1.75. The van der Waals surface area contributed by atoms with E-state index in [0.29, 0.717) is 17.8 Å². The topological polar surface area (TPSA) is 40.7 Å². The normalized spacial score (nSPS) is 10.8. The average molecular weight is 251 g/mol. The first-order valence-corrected chi connectivity index (χ1v) is 5.90. The number of aromatic nitrogens is 2. The molecule has 1 aromatic carbocycles. The molecule has 0 fully saturated rings. The van der Waals surface area contributed by atoms with E-state index < -0.39 is 11.6 Å². The molecule has 18 heavy (non-hydrogen) atoms. The zero-order valence-corrected chi connectivity index (χ0v) is 10.1. The van der Waals surface area contributed by atoms with Gasteiger partial charge in [-0.1, -0.05) is 6.92 Å². The summed E-state index contributed by atoms with van der Waals surface area (Å²) in [4.78, 5) is 7.20. The van der Waals surface area contributed by atoms with Crippen molar-refractivity contribution in [3.8, 4) is 11.3 Å². The van der Waals surface area contributed by atoms with E-state index in [1.807, 2.05) is 0 Å². The van der Waals surface area contributed by atoms with E-state index in [2.05, 4.69) is 22.2 Å². The molecule has 1 heterocycles. The Kier molecular flexibility index (Phi) is 4.04. The summed E-state index contributed by atoms with van der Waals surface area (Å²) in [6.45, 7) is 3.60. The zero-order chi connectivity index (χ0) is 13.0. The lowest BCUT2D eigenvalue weighted by Gasteiger charge is -2.00. The van der Waals surface area contributed by atoms with Crippen LogP contribution >= 0.6 is 0 Å². The third-order valence-corrected chi connectivity index (χ3v) is 2.52. The highest BCUT2D eigenvalue weighted by Gasteiger charge is 2.06. The second-order valence-electron chi connectivity index (χ2n) is 4.08. The first kappa shape index (κ1) is 12.7. The van der Waals surface area contributed by atoms with Crippen molar-refractivity contribution in [1.82, 2.24) is 15.3 Å². The number of imidazole rings is 1. The van der Waals surface area contributed by atoms with Crippen LogP contribution in [-0.4, -0.2) is 16.5 Å². The molecule has 2 rings (SSSR count). The van der Waals surface area contributed by atoms with Gasteiger partial charge in [-0.25, -0.2) is 13.8 Å². The fourth-order valence-corrected chi connectivity index (χ4v) is 1.69. The van der Waals surface area contributed by atoms with Crippen molar-refractivity contribution >= 4 is 0 Å². The lowest BCUT2D eigenvalue weighted by atomic mass is 10.1. The standard InChI is InChI=1S/C13H15F2N3/c1-2-3-16-8-13-17-7-12(18-13)9-4-10(14)6-11(15)5-9/h4-7,16H,2-3,8H2,1H3,(H,17,18). The number of H-pyrrole nitrogens is 1. The Bertz CT molecular complexity index is 502. The molecule has 0 bridgehead atoms. The Morgan fingerprint density at radius 2 is 1.94 bits per heavy atom. The van der Waals surface area contributed by atoms with Crippen LogP contribution in [0.4, 0.5) is 8.78 Å². The number of benzene rings is 1. The van der Waals surface area contributed by atoms with E-state index >= 15 is 0 Å². The van der Waals surface area contributed by atoms with Crippen molar-refractivity contribution in [2.24, 2.45) is 0 Å². The van der Waals surface area contributed by atoms with Crippen LogP contribution in [-0.2, 0) is 6.54 Å². The van der Waals surface area contributed by atoms with Crippen molar-refractivity contribution in [2.75, 3.05) is 6.54 Å². The van der Waals surface area contributed by atoms with E-state index in [4.69, 9.17) is 0 Å². The number of aromatic amines is 1. The number of hydrogen-bond donors (Lipinski definition) is 2. The van der Waals surface area contributed by atoms with Gasteiger partial charge in [0.15, 0.2) is 0 Å². The van der Waals surface area contributed by atoms with Crippen molar-refractivity contribution in [2.45, 2.75) is 19.9 Å². The maximum Gasteiger partial charge on any atom is 0.126 e. The Labute approximate surface area is 104 Å². The summed E-state index contributed by atoms with van der Waals surface area (Å²) >= 11 is 0. The van der Waals surface area contributed by atoms with Gasteiger partial charge in [-0.05, 0) is 25.1 Å². The second-order valence-corrected chi connectivity index (χ2v) is 4.08. The molecule has 1 aromatic heterocycles. The van der Waals surface area contributed by atoms with Gasteiger partial charge < -0.3 is 10.3 Å². The predicted octanol–water partition coefficient (Wildman–Crippen LogP) is 2.85. The summed E-state index contributed by atoms with van der Waals surface area (Å²) in [5.74, 6) is -0.432. The third kappa shape index (κ3) is 3.13. The van der Waals surface area contributed by atoms with Crippen LogP contribution in [0.2, 0.25) is 0 Å². The molecule has 2 N–H and O–H groups in total. The van der Waals surface area contributed by atoms with Crippen molar-refractivity contribution in [1.29, 1.82) is 0 Å². The van der Waals surface area contributed by atoms with Crippen LogP contribution < -0.4 is 5.32 Å². The molecule has 0 aliphatic rings. The Morgan fingerprint density at radius 1 is 1.22 bits per heavy atom. The van der Waals surface area contributed by atoms with E-state index in [-0.39, 0.29) is 0 Å². The number of halogens is 2. The fraction of sp³-hybridized carbons (Fsp3) is 0.308. The maximum atomic E-state index is 13.1. The van der Waals surface area contributed by atoms with Gasteiger partial charge in [-0.2, -0.15) is 0 Å². The number of rotatable bonds is 5. The number of hydrogen-bond acceptors (Lipinski definition) is 2. The van der Waals surface area contributed by atoms with Gasteiger partial charge in [-0.3, -0.25) is 0 Å². The molecular formula is C13H15F2N3. The Morgan fingerprint density at radius 3 is 2.61 bits per heavy atom. The minimum Gasteiger partial charge on any atom is -0.341 e. The lowest BCUT2D eigenvalue weighted by molar-refractivity contribution is 0.584. The Balaban J connectivity index is 2.13. The monoisotopic (exact) mass is 251 g/mol. The van der Waals surface area contributed by atoms with Gasteiger partial charge in [0, 0.05) is 11.6 Å². The molecule has 0 aliphatic heterocycles.